The van der Waals surface area contributed by atoms with Crippen LogP contribution in [0.5, 0.6) is 5.75 Å². The van der Waals surface area contributed by atoms with Crippen LogP contribution in [0.4, 0.5) is 18.9 Å². The highest BCUT2D eigenvalue weighted by Crippen LogP contribution is 2.21. The molecule has 0 aliphatic carbocycles. The highest BCUT2D eigenvalue weighted by Gasteiger charge is 2.31. The van der Waals surface area contributed by atoms with Crippen LogP contribution in [-0.2, 0) is 4.84 Å². The Bertz CT molecular complexity index is 453. The van der Waals surface area contributed by atoms with E-state index in [2.05, 4.69) is 31.2 Å². The van der Waals surface area contributed by atoms with Crippen molar-refractivity contribution in [2.24, 2.45) is 10.4 Å². The van der Waals surface area contributed by atoms with Gasteiger partial charge in [0.25, 0.3) is 0 Å². The number of unbranched alkanes of at least 4 members (excludes halogenated alkanes) is 5. The van der Waals surface area contributed by atoms with Gasteiger partial charge in [-0.05, 0) is 37.1 Å². The van der Waals surface area contributed by atoms with E-state index in [9.17, 15) is 13.2 Å². The third-order valence-corrected chi connectivity index (χ3v) is 3.49. The molecule has 0 N–H and O–H groups in total. The van der Waals surface area contributed by atoms with Crippen molar-refractivity contribution in [3.8, 4) is 5.75 Å². The van der Waals surface area contributed by atoms with Crippen LogP contribution in [0.15, 0.2) is 34.7 Å². The van der Waals surface area contributed by atoms with Gasteiger partial charge in [-0.15, -0.1) is 18.3 Å². The SMILES string of the molecule is FC(F)(F)ON=Nc1ccc(OCCCCCCCCBr)cc1. The number of nitrogens with zero attached hydrogens (tertiary/aromatic N) is 2. The molecule has 1 aromatic carbocycles. The summed E-state index contributed by atoms with van der Waals surface area (Å²) >= 11 is 3.41. The fourth-order valence-electron chi connectivity index (χ4n) is 1.82. The molecular weight excluding hydrogens is 377 g/mol. The Morgan fingerprint density at radius 3 is 2.13 bits per heavy atom. The molecule has 0 atom stereocenters. The molecular formula is C15H20BrF3N2O2. The van der Waals surface area contributed by atoms with Crippen LogP contribution in [-0.4, -0.2) is 18.3 Å². The maximum Gasteiger partial charge on any atom is 0.594 e. The molecule has 0 amide bonds. The third-order valence-electron chi connectivity index (χ3n) is 2.93. The number of hydrogen-bond acceptors (Lipinski definition) is 4. The van der Waals surface area contributed by atoms with Gasteiger partial charge in [-0.1, -0.05) is 41.6 Å². The van der Waals surface area contributed by atoms with E-state index in [0.29, 0.717) is 12.4 Å². The van der Waals surface area contributed by atoms with Gasteiger partial charge in [0.2, 0.25) is 0 Å². The van der Waals surface area contributed by atoms with E-state index in [0.717, 1.165) is 18.2 Å². The van der Waals surface area contributed by atoms with Crippen LogP contribution in [0.25, 0.3) is 0 Å². The van der Waals surface area contributed by atoms with Crippen molar-refractivity contribution in [3.05, 3.63) is 24.3 Å². The first-order valence-corrected chi connectivity index (χ1v) is 8.58. The third kappa shape index (κ3) is 11.0. The van der Waals surface area contributed by atoms with Gasteiger partial charge in [-0.2, -0.15) is 0 Å². The molecule has 0 aliphatic rings. The Kier molecular flexibility index (Phi) is 9.66. The van der Waals surface area contributed by atoms with Gasteiger partial charge in [0.05, 0.1) is 12.3 Å². The lowest BCUT2D eigenvalue weighted by Gasteiger charge is -2.06. The van der Waals surface area contributed by atoms with E-state index < -0.39 is 6.36 Å². The largest absolute Gasteiger partial charge is 0.594 e. The predicted molar refractivity (Wildman–Crippen MR) is 85.1 cm³/mol. The Morgan fingerprint density at radius 2 is 1.52 bits per heavy atom. The van der Waals surface area contributed by atoms with E-state index in [-0.39, 0.29) is 5.69 Å². The van der Waals surface area contributed by atoms with Crippen molar-refractivity contribution in [1.29, 1.82) is 0 Å². The van der Waals surface area contributed by atoms with Crippen LogP contribution in [0, 0.1) is 0 Å². The maximum atomic E-state index is 11.7. The van der Waals surface area contributed by atoms with Crippen LogP contribution in [0.2, 0.25) is 0 Å². The Morgan fingerprint density at radius 1 is 0.913 bits per heavy atom. The first kappa shape index (κ1) is 19.7. The van der Waals surface area contributed by atoms with E-state index >= 15 is 0 Å². The first-order chi connectivity index (χ1) is 11.0. The van der Waals surface area contributed by atoms with E-state index in [1.165, 1.54) is 37.8 Å². The second-order valence-electron chi connectivity index (χ2n) is 4.87. The number of rotatable bonds is 11. The summed E-state index contributed by atoms with van der Waals surface area (Å²) in [6.07, 6.45) is 2.20. The summed E-state index contributed by atoms with van der Waals surface area (Å²) < 4.78 is 40.7. The van der Waals surface area contributed by atoms with Crippen LogP contribution in [0.3, 0.4) is 0 Å². The monoisotopic (exact) mass is 396 g/mol. The molecule has 8 heteroatoms. The average molecular weight is 397 g/mol. The van der Waals surface area contributed by atoms with Gasteiger partial charge < -0.3 is 4.74 Å². The highest BCUT2D eigenvalue weighted by molar-refractivity contribution is 9.09. The van der Waals surface area contributed by atoms with Gasteiger partial charge >= 0.3 is 6.36 Å². The summed E-state index contributed by atoms with van der Waals surface area (Å²) in [5.41, 5.74) is 0.258. The molecule has 1 aromatic rings. The average Bonchev–Trinajstić information content (AvgIpc) is 2.50. The molecule has 4 nitrogen and oxygen atoms in total. The number of alkyl halides is 4. The smallest absolute Gasteiger partial charge is 0.494 e. The minimum atomic E-state index is -4.82. The van der Waals surface area contributed by atoms with Crippen molar-refractivity contribution in [2.45, 2.75) is 44.9 Å². The number of hydrogen-bond donors (Lipinski definition) is 0. The fourth-order valence-corrected chi connectivity index (χ4v) is 2.21. The van der Waals surface area contributed by atoms with Crippen molar-refractivity contribution in [1.82, 2.24) is 0 Å². The molecule has 0 saturated carbocycles. The molecule has 130 valence electrons. The zero-order valence-corrected chi connectivity index (χ0v) is 14.3. The normalized spacial score (nSPS) is 11.8. The molecule has 0 unspecified atom stereocenters. The maximum absolute atomic E-state index is 11.7. The Hall–Kier alpha value is -1.31. The van der Waals surface area contributed by atoms with Crippen LogP contribution < -0.4 is 4.74 Å². The lowest BCUT2D eigenvalue weighted by atomic mass is 10.1. The van der Waals surface area contributed by atoms with Gasteiger partial charge in [0, 0.05) is 10.6 Å². The predicted octanol–water partition coefficient (Wildman–Crippen LogP) is 6.34. The summed E-state index contributed by atoms with van der Waals surface area (Å²) in [7, 11) is 0. The summed E-state index contributed by atoms with van der Waals surface area (Å²) in [5.74, 6) is 0.653. The lowest BCUT2D eigenvalue weighted by Crippen LogP contribution is -2.07. The molecule has 0 heterocycles. The van der Waals surface area contributed by atoms with Crippen LogP contribution >= 0.6 is 15.9 Å². The number of halogens is 4. The zero-order chi connectivity index (χ0) is 17.0. The van der Waals surface area contributed by atoms with Crippen molar-refractivity contribution in [2.75, 3.05) is 11.9 Å². The summed E-state index contributed by atoms with van der Waals surface area (Å²) in [4.78, 5) is 3.21. The van der Waals surface area contributed by atoms with Crippen molar-refractivity contribution >= 4 is 21.6 Å². The van der Waals surface area contributed by atoms with E-state index in [1.807, 2.05) is 0 Å². The topological polar surface area (TPSA) is 43.2 Å². The lowest BCUT2D eigenvalue weighted by molar-refractivity contribution is -0.329. The molecule has 0 spiro atoms. The second kappa shape index (κ2) is 11.3. The first-order valence-electron chi connectivity index (χ1n) is 7.46. The highest BCUT2D eigenvalue weighted by atomic mass is 79.9. The number of benzene rings is 1. The van der Waals surface area contributed by atoms with Gasteiger partial charge in [0.15, 0.2) is 0 Å². The number of ether oxygens (including phenoxy) is 1. The van der Waals surface area contributed by atoms with Crippen molar-refractivity contribution < 1.29 is 22.7 Å². The van der Waals surface area contributed by atoms with Crippen molar-refractivity contribution in [3.63, 3.8) is 0 Å². The van der Waals surface area contributed by atoms with E-state index in [4.69, 9.17) is 4.74 Å². The molecule has 23 heavy (non-hydrogen) atoms. The standard InChI is InChI=1S/C15H20BrF3N2O2/c16-11-5-3-1-2-4-6-12-22-14-9-7-13(8-10-14)20-21-23-15(17,18)19/h7-10H,1-6,11-12H2. The summed E-state index contributed by atoms with van der Waals surface area (Å²) in [5, 5.41) is 6.98. The zero-order valence-electron chi connectivity index (χ0n) is 12.7. The molecule has 0 saturated heterocycles. The minimum absolute atomic E-state index is 0.258. The quantitative estimate of drug-likeness (QED) is 0.189. The Balaban J connectivity index is 2.16. The molecule has 0 radical (unpaired) electrons. The van der Waals surface area contributed by atoms with Gasteiger partial charge in [-0.25, -0.2) is 0 Å². The van der Waals surface area contributed by atoms with Crippen LogP contribution in [0.1, 0.15) is 38.5 Å². The second-order valence-corrected chi connectivity index (χ2v) is 5.66. The molecule has 0 aliphatic heterocycles. The summed E-state index contributed by atoms with van der Waals surface area (Å²) in [6.45, 7) is 0.622. The minimum Gasteiger partial charge on any atom is -0.494 e. The van der Waals surface area contributed by atoms with Gasteiger partial charge in [-0.3, -0.25) is 4.84 Å². The summed E-state index contributed by atoms with van der Waals surface area (Å²) in [6, 6.07) is 6.30. The van der Waals surface area contributed by atoms with E-state index in [1.54, 1.807) is 12.1 Å². The Labute approximate surface area is 142 Å². The molecule has 0 bridgehead atoms. The molecule has 1 rings (SSSR count). The molecule has 0 fully saturated rings. The van der Waals surface area contributed by atoms with Gasteiger partial charge in [0.1, 0.15) is 5.75 Å². The fraction of sp³-hybridized carbons (Fsp3) is 0.600. The molecule has 0 aromatic heterocycles.